The van der Waals surface area contributed by atoms with Crippen molar-refractivity contribution in [1.29, 1.82) is 5.41 Å². The molecule has 1 rings (SSSR count). The van der Waals surface area contributed by atoms with E-state index in [2.05, 4.69) is 0 Å². The summed E-state index contributed by atoms with van der Waals surface area (Å²) in [6.45, 7) is 4.38. The van der Waals surface area contributed by atoms with Gasteiger partial charge in [0.15, 0.2) is 0 Å². The summed E-state index contributed by atoms with van der Waals surface area (Å²) >= 11 is 0. The van der Waals surface area contributed by atoms with Gasteiger partial charge in [0.1, 0.15) is 6.61 Å². The Hall–Kier alpha value is -1.83. The maximum atomic E-state index is 7.03. The van der Waals surface area contributed by atoms with Crippen LogP contribution in [-0.4, -0.2) is 6.21 Å². The molecule has 1 N–H and O–H groups in total. The van der Waals surface area contributed by atoms with E-state index in [0.717, 1.165) is 16.9 Å². The smallest absolute Gasteiger partial charge is 0.113 e. The Labute approximate surface area is 96.8 Å². The topological polar surface area (TPSA) is 33.1 Å². The fraction of sp³-hybridized carbons (Fsp3) is 0.214. The van der Waals surface area contributed by atoms with Crippen LogP contribution in [0.5, 0.6) is 0 Å². The number of hydrogen-bond donors (Lipinski definition) is 1. The van der Waals surface area contributed by atoms with Crippen molar-refractivity contribution in [1.82, 2.24) is 0 Å². The summed E-state index contributed by atoms with van der Waals surface area (Å²) in [7, 11) is 0. The Balaban J connectivity index is 2.47. The number of rotatable bonds is 5. The summed E-state index contributed by atoms with van der Waals surface area (Å²) in [5.74, 6) is 0.852. The highest BCUT2D eigenvalue weighted by Crippen LogP contribution is 2.05. The Morgan fingerprint density at radius 2 is 1.88 bits per heavy atom. The molecular formula is C14H17NO. The zero-order chi connectivity index (χ0) is 11.8. The Kier molecular flexibility index (Phi) is 5.06. The number of nitrogens with one attached hydrogen (secondary N) is 1. The van der Waals surface area contributed by atoms with Gasteiger partial charge in [-0.1, -0.05) is 36.4 Å². The molecule has 0 radical (unpaired) electrons. The molecule has 0 fully saturated rings. The van der Waals surface area contributed by atoms with Gasteiger partial charge in [0.2, 0.25) is 0 Å². The van der Waals surface area contributed by atoms with Crippen LogP contribution >= 0.6 is 0 Å². The fourth-order valence-corrected chi connectivity index (χ4v) is 1.12. The highest BCUT2D eigenvalue weighted by Gasteiger charge is 1.92. The molecule has 0 atom stereocenters. The Morgan fingerprint density at radius 1 is 1.19 bits per heavy atom. The molecule has 1 aromatic rings. The first-order valence-corrected chi connectivity index (χ1v) is 5.25. The normalized spacial score (nSPS) is 12.4. The minimum atomic E-state index is 0.584. The summed E-state index contributed by atoms with van der Waals surface area (Å²) in [5.41, 5.74) is 2.06. The van der Waals surface area contributed by atoms with Crippen molar-refractivity contribution < 1.29 is 4.74 Å². The molecule has 0 amide bonds. The second kappa shape index (κ2) is 6.62. The van der Waals surface area contributed by atoms with Gasteiger partial charge in [-0.3, -0.25) is 0 Å². The van der Waals surface area contributed by atoms with E-state index in [1.165, 1.54) is 6.21 Å². The van der Waals surface area contributed by atoms with Crippen LogP contribution in [0.1, 0.15) is 19.4 Å². The van der Waals surface area contributed by atoms with Crippen molar-refractivity contribution in [2.24, 2.45) is 0 Å². The predicted octanol–water partition coefficient (Wildman–Crippen LogP) is 3.70. The second-order valence-electron chi connectivity index (χ2n) is 3.61. The van der Waals surface area contributed by atoms with E-state index < -0.39 is 0 Å². The standard InChI is InChI=1S/C14H17NO/c1-12(10-15)8-9-13(2)16-11-14-6-4-3-5-7-14/h3-10,15H,11H2,1-2H3/b12-8-,13-9+,15-10?. The lowest BCUT2D eigenvalue weighted by Gasteiger charge is -2.05. The molecule has 0 unspecified atom stereocenters. The second-order valence-corrected chi connectivity index (χ2v) is 3.61. The van der Waals surface area contributed by atoms with Crippen LogP contribution in [0.15, 0.2) is 53.8 Å². The first-order chi connectivity index (χ1) is 7.72. The molecule has 2 heteroatoms. The van der Waals surface area contributed by atoms with Crippen LogP contribution in [0, 0.1) is 5.41 Å². The van der Waals surface area contributed by atoms with Crippen molar-refractivity contribution in [3.8, 4) is 0 Å². The highest BCUT2D eigenvalue weighted by atomic mass is 16.5. The number of hydrogen-bond acceptors (Lipinski definition) is 2. The Bertz CT molecular complexity index is 390. The SMILES string of the molecule is C/C(C=N)=C/C=C(\C)OCc1ccccc1. The van der Waals surface area contributed by atoms with E-state index in [4.69, 9.17) is 10.1 Å². The van der Waals surface area contributed by atoms with Gasteiger partial charge in [-0.05, 0) is 31.1 Å². The summed E-state index contributed by atoms with van der Waals surface area (Å²) in [6.07, 6.45) is 5.07. The summed E-state index contributed by atoms with van der Waals surface area (Å²) in [5, 5.41) is 7.03. The molecule has 0 spiro atoms. The van der Waals surface area contributed by atoms with E-state index in [9.17, 15) is 0 Å². The maximum absolute atomic E-state index is 7.03. The van der Waals surface area contributed by atoms with Gasteiger partial charge < -0.3 is 10.1 Å². The number of ether oxygens (including phenoxy) is 1. The van der Waals surface area contributed by atoms with Gasteiger partial charge in [-0.2, -0.15) is 0 Å². The van der Waals surface area contributed by atoms with Gasteiger partial charge in [-0.15, -0.1) is 0 Å². The molecule has 0 aliphatic heterocycles. The molecule has 0 aromatic heterocycles. The van der Waals surface area contributed by atoms with Crippen molar-refractivity contribution >= 4 is 6.21 Å². The van der Waals surface area contributed by atoms with Crippen LogP contribution in [0.2, 0.25) is 0 Å². The van der Waals surface area contributed by atoms with Gasteiger partial charge >= 0.3 is 0 Å². The molecule has 0 aliphatic carbocycles. The molecule has 84 valence electrons. The van der Waals surface area contributed by atoms with Crippen LogP contribution in [-0.2, 0) is 11.3 Å². The first kappa shape index (κ1) is 12.2. The summed E-state index contributed by atoms with van der Waals surface area (Å²) in [6, 6.07) is 10.0. The average Bonchev–Trinajstić information content (AvgIpc) is 2.34. The summed E-state index contributed by atoms with van der Waals surface area (Å²) in [4.78, 5) is 0. The van der Waals surface area contributed by atoms with Crippen LogP contribution < -0.4 is 0 Å². The van der Waals surface area contributed by atoms with Gasteiger partial charge in [0.05, 0.1) is 5.76 Å². The third-order valence-corrected chi connectivity index (χ3v) is 2.12. The van der Waals surface area contributed by atoms with Gasteiger partial charge in [0.25, 0.3) is 0 Å². The van der Waals surface area contributed by atoms with Crippen molar-refractivity contribution in [2.75, 3.05) is 0 Å². The lowest BCUT2D eigenvalue weighted by Crippen LogP contribution is -1.90. The molecule has 1 aromatic carbocycles. The molecule has 2 nitrogen and oxygen atoms in total. The molecule has 0 heterocycles. The zero-order valence-electron chi connectivity index (χ0n) is 9.73. The van der Waals surface area contributed by atoms with E-state index >= 15 is 0 Å². The molecule has 0 saturated carbocycles. The highest BCUT2D eigenvalue weighted by molar-refractivity contribution is 5.75. The van der Waals surface area contributed by atoms with E-state index in [0.29, 0.717) is 6.61 Å². The third-order valence-electron chi connectivity index (χ3n) is 2.12. The monoisotopic (exact) mass is 215 g/mol. The minimum absolute atomic E-state index is 0.584. The van der Waals surface area contributed by atoms with Crippen LogP contribution in [0.3, 0.4) is 0 Å². The molecular weight excluding hydrogens is 198 g/mol. The van der Waals surface area contributed by atoms with Crippen molar-refractivity contribution in [3.63, 3.8) is 0 Å². The van der Waals surface area contributed by atoms with E-state index in [-0.39, 0.29) is 0 Å². The molecule has 0 saturated heterocycles. The lowest BCUT2D eigenvalue weighted by molar-refractivity contribution is 0.201. The quantitative estimate of drug-likeness (QED) is 0.453. The van der Waals surface area contributed by atoms with E-state index in [1.807, 2.05) is 56.3 Å². The molecule has 0 aliphatic rings. The third kappa shape index (κ3) is 4.60. The molecule has 0 bridgehead atoms. The zero-order valence-corrected chi connectivity index (χ0v) is 9.73. The number of allylic oxidation sites excluding steroid dienone is 4. The van der Waals surface area contributed by atoms with Gasteiger partial charge in [-0.25, -0.2) is 0 Å². The summed E-state index contributed by atoms with van der Waals surface area (Å²) < 4.78 is 5.56. The van der Waals surface area contributed by atoms with Crippen LogP contribution in [0.25, 0.3) is 0 Å². The number of benzene rings is 1. The fourth-order valence-electron chi connectivity index (χ4n) is 1.12. The van der Waals surface area contributed by atoms with Crippen LogP contribution in [0.4, 0.5) is 0 Å². The van der Waals surface area contributed by atoms with Crippen molar-refractivity contribution in [2.45, 2.75) is 20.5 Å². The Morgan fingerprint density at radius 3 is 2.50 bits per heavy atom. The predicted molar refractivity (Wildman–Crippen MR) is 67.5 cm³/mol. The van der Waals surface area contributed by atoms with Gasteiger partial charge in [0, 0.05) is 6.21 Å². The first-order valence-electron chi connectivity index (χ1n) is 5.25. The van der Waals surface area contributed by atoms with E-state index in [1.54, 1.807) is 0 Å². The lowest BCUT2D eigenvalue weighted by atomic mass is 10.2. The largest absolute Gasteiger partial charge is 0.494 e. The minimum Gasteiger partial charge on any atom is -0.494 e. The average molecular weight is 215 g/mol. The molecule has 16 heavy (non-hydrogen) atoms. The van der Waals surface area contributed by atoms with Crippen molar-refractivity contribution in [3.05, 3.63) is 59.4 Å². The maximum Gasteiger partial charge on any atom is 0.113 e.